The zero-order valence-electron chi connectivity index (χ0n) is 11.3. The van der Waals surface area contributed by atoms with E-state index >= 15 is 0 Å². The molecule has 2 aromatic rings. The topological polar surface area (TPSA) is 127 Å². The summed E-state index contributed by atoms with van der Waals surface area (Å²) in [4.78, 5) is 18.3. The number of hydrogen-bond donors (Lipinski definition) is 2. The maximum absolute atomic E-state index is 12.4. The van der Waals surface area contributed by atoms with E-state index in [2.05, 4.69) is 19.8 Å². The Kier molecular flexibility index (Phi) is 3.89. The average molecular weight is 311 g/mol. The highest BCUT2D eigenvalue weighted by Crippen LogP contribution is 2.21. The van der Waals surface area contributed by atoms with Crippen LogP contribution in [0, 0.1) is 13.8 Å². The van der Waals surface area contributed by atoms with E-state index in [4.69, 9.17) is 5.11 Å². The third kappa shape index (κ3) is 3.16. The zero-order chi connectivity index (χ0) is 15.6. The van der Waals surface area contributed by atoms with Crippen LogP contribution in [-0.4, -0.2) is 39.2 Å². The maximum atomic E-state index is 12.4. The highest BCUT2D eigenvalue weighted by molar-refractivity contribution is 7.92. The lowest BCUT2D eigenvalue weighted by molar-refractivity contribution is -0.137. The molecule has 0 fully saturated rings. The van der Waals surface area contributed by atoms with Crippen LogP contribution in [-0.2, 0) is 21.4 Å². The van der Waals surface area contributed by atoms with Crippen molar-refractivity contribution in [1.29, 1.82) is 0 Å². The Morgan fingerprint density at radius 2 is 2.10 bits per heavy atom. The molecular weight excluding hydrogens is 298 g/mol. The van der Waals surface area contributed by atoms with Crippen molar-refractivity contribution in [2.75, 3.05) is 4.72 Å². The molecule has 0 saturated heterocycles. The summed E-state index contributed by atoms with van der Waals surface area (Å²) in [6.45, 7) is 2.58. The van der Waals surface area contributed by atoms with Crippen LogP contribution in [0.5, 0.6) is 0 Å². The minimum Gasteiger partial charge on any atom is -0.480 e. The summed E-state index contributed by atoms with van der Waals surface area (Å²) in [7, 11) is -3.92. The second-order valence-corrected chi connectivity index (χ2v) is 5.87. The largest absolute Gasteiger partial charge is 0.480 e. The molecule has 0 aliphatic carbocycles. The van der Waals surface area contributed by atoms with Gasteiger partial charge in [0.15, 0.2) is 5.82 Å². The summed E-state index contributed by atoms with van der Waals surface area (Å²) in [6.07, 6.45) is 4.04. The van der Waals surface area contributed by atoms with E-state index in [1.165, 1.54) is 32.4 Å². The first-order valence-electron chi connectivity index (χ1n) is 5.86. The molecule has 0 aliphatic heterocycles. The molecule has 0 unspecified atom stereocenters. The van der Waals surface area contributed by atoms with Gasteiger partial charge in [0.1, 0.15) is 11.4 Å². The predicted octanol–water partition coefficient (Wildman–Crippen LogP) is 0.175. The lowest BCUT2D eigenvalue weighted by Crippen LogP contribution is -2.16. The number of rotatable bonds is 5. The van der Waals surface area contributed by atoms with E-state index in [1.807, 2.05) is 0 Å². The quantitative estimate of drug-likeness (QED) is 0.806. The average Bonchev–Trinajstić information content (AvgIpc) is 2.64. The molecule has 2 rings (SSSR count). The van der Waals surface area contributed by atoms with Gasteiger partial charge in [-0.15, -0.1) is 0 Å². The normalized spacial score (nSPS) is 11.3. The van der Waals surface area contributed by atoms with Crippen molar-refractivity contribution in [1.82, 2.24) is 19.7 Å². The van der Waals surface area contributed by atoms with Gasteiger partial charge in [-0.2, -0.15) is 5.10 Å². The summed E-state index contributed by atoms with van der Waals surface area (Å²) in [5, 5.41) is 12.7. The van der Waals surface area contributed by atoms with Gasteiger partial charge in [0, 0.05) is 12.4 Å². The standard InChI is InChI=1S/C11H13N5O4S/c1-7-11(8(2)16(14-7)6-10(17)18)21(19,20)15-9-5-12-3-4-13-9/h3-5H,6H2,1-2H3,(H,13,15)(H,17,18). The van der Waals surface area contributed by atoms with Crippen LogP contribution in [0.2, 0.25) is 0 Å². The van der Waals surface area contributed by atoms with Gasteiger partial charge < -0.3 is 5.11 Å². The number of nitrogens with one attached hydrogen (secondary N) is 1. The Balaban J connectivity index is 2.41. The van der Waals surface area contributed by atoms with Crippen molar-refractivity contribution in [3.05, 3.63) is 30.0 Å². The molecule has 0 saturated carbocycles. The highest BCUT2D eigenvalue weighted by atomic mass is 32.2. The Morgan fingerprint density at radius 3 is 2.67 bits per heavy atom. The van der Waals surface area contributed by atoms with Crippen molar-refractivity contribution in [3.8, 4) is 0 Å². The molecule has 9 nitrogen and oxygen atoms in total. The minimum absolute atomic E-state index is 0.0607. The number of carboxylic acid groups (broad SMARTS) is 1. The van der Waals surface area contributed by atoms with E-state index < -0.39 is 22.5 Å². The lowest BCUT2D eigenvalue weighted by atomic mass is 10.4. The van der Waals surface area contributed by atoms with E-state index in [1.54, 1.807) is 0 Å². The van der Waals surface area contributed by atoms with Crippen molar-refractivity contribution in [2.45, 2.75) is 25.3 Å². The van der Waals surface area contributed by atoms with Gasteiger partial charge in [-0.25, -0.2) is 13.4 Å². The number of nitrogens with zero attached hydrogens (tertiary/aromatic N) is 4. The van der Waals surface area contributed by atoms with Crippen LogP contribution in [0.4, 0.5) is 5.82 Å². The second kappa shape index (κ2) is 5.48. The van der Waals surface area contributed by atoms with Crippen LogP contribution >= 0.6 is 0 Å². The molecule has 0 spiro atoms. The van der Waals surface area contributed by atoms with Gasteiger partial charge in [-0.05, 0) is 13.8 Å². The Morgan fingerprint density at radius 1 is 1.38 bits per heavy atom. The Bertz CT molecular complexity index is 769. The van der Waals surface area contributed by atoms with Crippen molar-refractivity contribution in [3.63, 3.8) is 0 Å². The molecule has 10 heteroatoms. The fourth-order valence-corrected chi connectivity index (χ4v) is 3.30. The molecule has 0 radical (unpaired) electrons. The second-order valence-electron chi connectivity index (χ2n) is 4.25. The number of aromatic nitrogens is 4. The first-order valence-corrected chi connectivity index (χ1v) is 7.34. The molecule has 0 aromatic carbocycles. The summed E-state index contributed by atoms with van der Waals surface area (Å²) < 4.78 is 28.1. The first-order chi connectivity index (χ1) is 9.81. The number of anilines is 1. The highest BCUT2D eigenvalue weighted by Gasteiger charge is 2.25. The number of carbonyl (C=O) groups is 1. The van der Waals surface area contributed by atoms with Gasteiger partial charge >= 0.3 is 5.97 Å². The third-order valence-corrected chi connectivity index (χ3v) is 4.28. The molecule has 2 heterocycles. The predicted molar refractivity (Wildman–Crippen MR) is 72.2 cm³/mol. The monoisotopic (exact) mass is 311 g/mol. The van der Waals surface area contributed by atoms with Crippen molar-refractivity contribution in [2.24, 2.45) is 0 Å². The number of sulfonamides is 1. The van der Waals surface area contributed by atoms with E-state index in [9.17, 15) is 13.2 Å². The summed E-state index contributed by atoms with van der Waals surface area (Å²) in [6, 6.07) is 0. The lowest BCUT2D eigenvalue weighted by Gasteiger charge is -2.07. The minimum atomic E-state index is -3.92. The van der Waals surface area contributed by atoms with Crippen LogP contribution in [0.3, 0.4) is 0 Å². The van der Waals surface area contributed by atoms with Crippen LogP contribution in [0.25, 0.3) is 0 Å². The van der Waals surface area contributed by atoms with E-state index in [-0.39, 0.29) is 22.1 Å². The fourth-order valence-electron chi connectivity index (χ4n) is 1.89. The summed E-state index contributed by atoms with van der Waals surface area (Å²) in [5.74, 6) is -1.03. The van der Waals surface area contributed by atoms with Crippen LogP contribution < -0.4 is 4.72 Å². The Labute approximate surface area is 120 Å². The molecule has 0 aliphatic rings. The van der Waals surface area contributed by atoms with E-state index in [0.717, 1.165) is 4.68 Å². The molecule has 0 atom stereocenters. The van der Waals surface area contributed by atoms with Gasteiger partial charge in [-0.1, -0.05) is 0 Å². The van der Waals surface area contributed by atoms with Crippen molar-refractivity contribution < 1.29 is 18.3 Å². The number of aliphatic carboxylic acids is 1. The molecule has 2 N–H and O–H groups in total. The van der Waals surface area contributed by atoms with Gasteiger partial charge in [0.05, 0.1) is 17.6 Å². The third-order valence-electron chi connectivity index (χ3n) is 2.67. The molecule has 21 heavy (non-hydrogen) atoms. The molecule has 0 amide bonds. The molecule has 2 aromatic heterocycles. The molecular formula is C11H13N5O4S. The zero-order valence-corrected chi connectivity index (χ0v) is 12.1. The Hall–Kier alpha value is -2.49. The van der Waals surface area contributed by atoms with Gasteiger partial charge in [0.25, 0.3) is 10.0 Å². The summed E-state index contributed by atoms with van der Waals surface area (Å²) in [5.41, 5.74) is 0.455. The molecule has 0 bridgehead atoms. The van der Waals surface area contributed by atoms with Crippen LogP contribution in [0.1, 0.15) is 11.4 Å². The summed E-state index contributed by atoms with van der Waals surface area (Å²) >= 11 is 0. The smallest absolute Gasteiger partial charge is 0.325 e. The maximum Gasteiger partial charge on any atom is 0.325 e. The number of aryl methyl sites for hydroxylation is 1. The number of carboxylic acids is 1. The van der Waals surface area contributed by atoms with E-state index in [0.29, 0.717) is 0 Å². The fraction of sp³-hybridized carbons (Fsp3) is 0.273. The first kappa shape index (κ1) is 14.9. The van der Waals surface area contributed by atoms with Gasteiger partial charge in [-0.3, -0.25) is 19.2 Å². The number of hydrogen-bond acceptors (Lipinski definition) is 6. The van der Waals surface area contributed by atoms with Crippen molar-refractivity contribution >= 4 is 21.8 Å². The van der Waals surface area contributed by atoms with Crippen LogP contribution in [0.15, 0.2) is 23.5 Å². The molecule has 112 valence electrons. The SMILES string of the molecule is Cc1nn(CC(=O)O)c(C)c1S(=O)(=O)Nc1cnccn1. The van der Waals surface area contributed by atoms with Gasteiger partial charge in [0.2, 0.25) is 0 Å².